The predicted octanol–water partition coefficient (Wildman–Crippen LogP) is 1.75. The molecule has 5 fully saturated rings. The van der Waals surface area contributed by atoms with Crippen molar-refractivity contribution in [3.8, 4) is 0 Å². The second-order valence-electron chi connectivity index (χ2n) is 16.1. The normalized spacial score (nSPS) is 49.0. The van der Waals surface area contributed by atoms with E-state index in [1.165, 1.54) is 13.8 Å². The van der Waals surface area contributed by atoms with Crippen molar-refractivity contribution in [1.82, 2.24) is 0 Å². The standard InChI is InChI=1S/C36H46O15/c1-13-10-21-35(8,36(9,45)32(44)51-21)25-22(13)34(7)23(27(25)46-14(2)38)18(12-37)24(28(47-15(3)39)30(34)49-17(5)41)33(6)19(31(42)43)11-20-26(50-20)29(33)48-16(4)40/h10,12-13,18-20,22-30,45H,11H2,1-9H3,(H,42,43)/t13?,18?,19?,20-,22?,23?,24?,25?,26-,27?,28-,29-,30-,33?,34+,35-,36+/m0/s1. The number of carbonyl (C=O) groups is 7. The predicted molar refractivity (Wildman–Crippen MR) is 168 cm³/mol. The van der Waals surface area contributed by atoms with Gasteiger partial charge in [0.15, 0.2) is 5.60 Å². The Kier molecular flexibility index (Phi) is 8.57. The van der Waals surface area contributed by atoms with Gasteiger partial charge in [-0.2, -0.15) is 0 Å². The number of rotatable bonds is 7. The van der Waals surface area contributed by atoms with Crippen LogP contribution in [0.25, 0.3) is 0 Å². The molecule has 0 radical (unpaired) electrons. The summed E-state index contributed by atoms with van der Waals surface area (Å²) in [5.74, 6) is -12.4. The number of hydrogen-bond donors (Lipinski definition) is 2. The molecule has 2 saturated heterocycles. The number of allylic oxidation sites excluding steroid dienone is 1. The summed E-state index contributed by atoms with van der Waals surface area (Å²) in [7, 11) is 0. The lowest BCUT2D eigenvalue weighted by Gasteiger charge is -2.61. The Morgan fingerprint density at radius 1 is 0.804 bits per heavy atom. The first-order valence-electron chi connectivity index (χ1n) is 17.3. The lowest BCUT2D eigenvalue weighted by Crippen LogP contribution is -2.70. The first kappa shape index (κ1) is 36.9. The average Bonchev–Trinajstić information content (AvgIpc) is 3.69. The highest BCUT2D eigenvalue weighted by Gasteiger charge is 2.82. The van der Waals surface area contributed by atoms with E-state index < -0.39 is 136 Å². The number of hydrogen-bond acceptors (Lipinski definition) is 14. The van der Waals surface area contributed by atoms with Gasteiger partial charge in [-0.15, -0.1) is 0 Å². The summed E-state index contributed by atoms with van der Waals surface area (Å²) in [4.78, 5) is 92.1. The summed E-state index contributed by atoms with van der Waals surface area (Å²) in [5.41, 5.74) is -6.78. The molecule has 2 heterocycles. The fourth-order valence-electron chi connectivity index (χ4n) is 11.6. The maximum Gasteiger partial charge on any atom is 0.343 e. The summed E-state index contributed by atoms with van der Waals surface area (Å²) < 4.78 is 35.7. The molecule has 0 bridgehead atoms. The fourth-order valence-corrected chi connectivity index (χ4v) is 11.6. The largest absolute Gasteiger partial charge is 0.481 e. The number of aliphatic carboxylic acids is 1. The van der Waals surface area contributed by atoms with Crippen molar-refractivity contribution in [3.63, 3.8) is 0 Å². The topological polar surface area (TPSA) is 219 Å². The third-order valence-corrected chi connectivity index (χ3v) is 13.5. The van der Waals surface area contributed by atoms with Crippen molar-refractivity contribution in [1.29, 1.82) is 0 Å². The van der Waals surface area contributed by atoms with Gasteiger partial charge in [0.2, 0.25) is 0 Å². The molecule has 280 valence electrons. The molecule has 9 unspecified atom stereocenters. The lowest BCUT2D eigenvalue weighted by atomic mass is 9.45. The highest BCUT2D eigenvalue weighted by atomic mass is 16.6. The van der Waals surface area contributed by atoms with Gasteiger partial charge in [0.05, 0.1) is 17.4 Å². The van der Waals surface area contributed by atoms with Gasteiger partial charge in [-0.25, -0.2) is 4.79 Å². The molecule has 4 aliphatic carbocycles. The van der Waals surface area contributed by atoms with E-state index in [0.717, 1.165) is 20.8 Å². The van der Waals surface area contributed by atoms with E-state index in [-0.39, 0.29) is 12.2 Å². The number of carbonyl (C=O) groups excluding carboxylic acids is 6. The van der Waals surface area contributed by atoms with Crippen LogP contribution in [-0.4, -0.2) is 94.5 Å². The van der Waals surface area contributed by atoms with E-state index in [1.807, 2.05) is 6.92 Å². The van der Waals surface area contributed by atoms with Gasteiger partial charge in [-0.05, 0) is 38.2 Å². The molecule has 17 atom stereocenters. The van der Waals surface area contributed by atoms with Crippen LogP contribution in [0.4, 0.5) is 0 Å². The molecule has 2 N–H and O–H groups in total. The van der Waals surface area contributed by atoms with Gasteiger partial charge in [0, 0.05) is 62.2 Å². The Morgan fingerprint density at radius 2 is 1.33 bits per heavy atom. The van der Waals surface area contributed by atoms with Crippen molar-refractivity contribution in [2.75, 3.05) is 0 Å². The number of aldehydes is 1. The van der Waals surface area contributed by atoms with Crippen LogP contribution in [0.2, 0.25) is 0 Å². The van der Waals surface area contributed by atoms with Crippen LogP contribution in [-0.2, 0) is 62.0 Å². The highest BCUT2D eigenvalue weighted by Crippen LogP contribution is 2.74. The van der Waals surface area contributed by atoms with Gasteiger partial charge < -0.3 is 43.4 Å². The summed E-state index contributed by atoms with van der Waals surface area (Å²) in [6.07, 6.45) is -4.41. The van der Waals surface area contributed by atoms with E-state index in [0.29, 0.717) is 6.29 Å². The number of carboxylic acid groups (broad SMARTS) is 1. The second kappa shape index (κ2) is 11.8. The molecular weight excluding hydrogens is 672 g/mol. The number of aliphatic hydroxyl groups is 1. The number of ether oxygens (including phenoxy) is 6. The zero-order valence-corrected chi connectivity index (χ0v) is 30.1. The minimum absolute atomic E-state index is 0.0212. The van der Waals surface area contributed by atoms with Crippen molar-refractivity contribution < 1.29 is 72.2 Å². The smallest absolute Gasteiger partial charge is 0.343 e. The molecule has 0 aromatic heterocycles. The summed E-state index contributed by atoms with van der Waals surface area (Å²) in [6.45, 7) is 12.6. The van der Waals surface area contributed by atoms with Crippen LogP contribution in [0.3, 0.4) is 0 Å². The number of carboxylic acids is 1. The third kappa shape index (κ3) is 4.92. The van der Waals surface area contributed by atoms with Crippen LogP contribution in [0, 0.1) is 57.7 Å². The molecule has 0 aromatic rings. The molecule has 0 aromatic carbocycles. The molecule has 0 spiro atoms. The summed E-state index contributed by atoms with van der Waals surface area (Å²) >= 11 is 0. The van der Waals surface area contributed by atoms with Gasteiger partial charge in [-0.1, -0.05) is 20.8 Å². The van der Waals surface area contributed by atoms with E-state index in [4.69, 9.17) is 28.4 Å². The Hall–Kier alpha value is -3.85. The van der Waals surface area contributed by atoms with Crippen LogP contribution in [0.1, 0.15) is 68.7 Å². The average molecular weight is 719 g/mol. The molecule has 6 aliphatic rings. The number of epoxide rings is 1. The van der Waals surface area contributed by atoms with Gasteiger partial charge in [-0.3, -0.25) is 24.0 Å². The van der Waals surface area contributed by atoms with E-state index >= 15 is 0 Å². The molecule has 2 aliphatic heterocycles. The maximum atomic E-state index is 13.9. The quantitative estimate of drug-likeness (QED) is 0.166. The van der Waals surface area contributed by atoms with E-state index in [1.54, 1.807) is 26.8 Å². The Morgan fingerprint density at radius 3 is 1.86 bits per heavy atom. The molecule has 15 nitrogen and oxygen atoms in total. The SMILES string of the molecule is CC(=O)OC1C2C(C=O)C(C3(C)C(C(=O)O)C[C@@H]4O[C@@H]4[C@@H]3OC(C)=O)[C@H](OC(C)=O)[C@H](OC(C)=O)[C@]2(C)C2C(C)C=C3OC(=O)[C@@](C)(O)[C@]3(C)C12. The first-order valence-corrected chi connectivity index (χ1v) is 17.3. The molecule has 15 heteroatoms. The highest BCUT2D eigenvalue weighted by molar-refractivity contribution is 5.85. The van der Waals surface area contributed by atoms with Crippen LogP contribution in [0.5, 0.6) is 0 Å². The Labute approximate surface area is 294 Å². The van der Waals surface area contributed by atoms with Crippen molar-refractivity contribution in [3.05, 3.63) is 11.8 Å². The van der Waals surface area contributed by atoms with Crippen LogP contribution >= 0.6 is 0 Å². The minimum Gasteiger partial charge on any atom is -0.481 e. The second-order valence-corrected chi connectivity index (χ2v) is 16.1. The van der Waals surface area contributed by atoms with Gasteiger partial charge >= 0.3 is 35.8 Å². The molecule has 6 rings (SSSR count). The van der Waals surface area contributed by atoms with Crippen LogP contribution in [0.15, 0.2) is 11.8 Å². The van der Waals surface area contributed by atoms with Gasteiger partial charge in [0.1, 0.15) is 42.6 Å². The van der Waals surface area contributed by atoms with Crippen molar-refractivity contribution in [2.24, 2.45) is 57.7 Å². The minimum atomic E-state index is -2.14. The van der Waals surface area contributed by atoms with E-state index in [2.05, 4.69) is 0 Å². The molecule has 0 amide bonds. The fraction of sp³-hybridized carbons (Fsp3) is 0.750. The summed E-state index contributed by atoms with van der Waals surface area (Å²) in [6, 6.07) is 0. The van der Waals surface area contributed by atoms with Crippen molar-refractivity contribution >= 4 is 42.1 Å². The lowest BCUT2D eigenvalue weighted by molar-refractivity contribution is -0.249. The van der Waals surface area contributed by atoms with Crippen LogP contribution < -0.4 is 0 Å². The summed E-state index contributed by atoms with van der Waals surface area (Å²) in [5, 5.41) is 22.6. The Balaban J connectivity index is 1.68. The first-order chi connectivity index (χ1) is 23.6. The van der Waals surface area contributed by atoms with E-state index in [9.17, 15) is 43.8 Å². The van der Waals surface area contributed by atoms with Gasteiger partial charge in [0.25, 0.3) is 0 Å². The molecule has 3 saturated carbocycles. The zero-order valence-electron chi connectivity index (χ0n) is 30.1. The number of fused-ring (bicyclic) bond motifs is 6. The Bertz CT molecular complexity index is 1620. The zero-order chi connectivity index (χ0) is 37.9. The monoisotopic (exact) mass is 718 g/mol. The van der Waals surface area contributed by atoms with Crippen molar-refractivity contribution in [2.45, 2.75) is 111 Å². The maximum absolute atomic E-state index is 13.9. The molecular formula is C36H46O15. The molecule has 51 heavy (non-hydrogen) atoms. The number of esters is 5. The third-order valence-electron chi connectivity index (χ3n) is 13.5.